The van der Waals surface area contributed by atoms with E-state index in [9.17, 15) is 24.4 Å². The molecule has 2 aromatic heterocycles. The maximum atomic E-state index is 14.1. The van der Waals surface area contributed by atoms with Gasteiger partial charge in [-0.2, -0.15) is 5.26 Å². The SMILES string of the molecule is CC(=O)N1CCc2c(sc(NC(=O)C(Sc3cccc(NC(=O)/C(=C/c4c[nH]c5ccccc45)NC(=O)c4ccccc4)c3)c3ccccc3)c2C#N)C1. The molecule has 0 aliphatic carbocycles. The van der Waals surface area contributed by atoms with Gasteiger partial charge < -0.3 is 25.8 Å². The number of nitrogens with zero attached hydrogens (tertiary/aromatic N) is 2. The third-order valence-electron chi connectivity index (χ3n) is 8.99. The first-order valence-electron chi connectivity index (χ1n) is 17.2. The van der Waals surface area contributed by atoms with Crippen LogP contribution in [0.4, 0.5) is 10.7 Å². The molecule has 0 bridgehead atoms. The molecule has 4 aromatic carbocycles. The fraction of sp³-hybridized carbons (Fsp3) is 0.119. The van der Waals surface area contributed by atoms with Gasteiger partial charge in [0.25, 0.3) is 11.8 Å². The predicted molar refractivity (Wildman–Crippen MR) is 213 cm³/mol. The Morgan fingerprint density at radius 3 is 2.43 bits per heavy atom. The molecular formula is C42H34N6O4S2. The molecule has 6 aromatic rings. The molecule has 7 rings (SSSR count). The Hall–Kier alpha value is -6.42. The second kappa shape index (κ2) is 16.1. The number of aromatic amines is 1. The van der Waals surface area contributed by atoms with Crippen molar-refractivity contribution in [2.75, 3.05) is 17.2 Å². The van der Waals surface area contributed by atoms with Crippen LogP contribution < -0.4 is 16.0 Å². The first-order chi connectivity index (χ1) is 26.3. The Morgan fingerprint density at radius 1 is 0.926 bits per heavy atom. The number of hydrogen-bond donors (Lipinski definition) is 4. The number of fused-ring (bicyclic) bond motifs is 2. The van der Waals surface area contributed by atoms with Crippen molar-refractivity contribution in [3.63, 3.8) is 0 Å². The summed E-state index contributed by atoms with van der Waals surface area (Å²) >= 11 is 2.63. The van der Waals surface area contributed by atoms with Gasteiger partial charge in [-0.05, 0) is 60.0 Å². The zero-order chi connectivity index (χ0) is 37.6. The second-order valence-electron chi connectivity index (χ2n) is 12.6. The summed E-state index contributed by atoms with van der Waals surface area (Å²) in [5.74, 6) is -1.31. The molecule has 1 aliphatic heterocycles. The number of rotatable bonds is 10. The number of H-pyrrole nitrogens is 1. The first kappa shape index (κ1) is 36.0. The van der Waals surface area contributed by atoms with Gasteiger partial charge in [-0.25, -0.2) is 0 Å². The Bertz CT molecular complexity index is 2450. The third-order valence-corrected chi connectivity index (χ3v) is 11.4. The van der Waals surface area contributed by atoms with E-state index in [-0.39, 0.29) is 17.5 Å². The summed E-state index contributed by atoms with van der Waals surface area (Å²) in [4.78, 5) is 59.8. The minimum Gasteiger partial charge on any atom is -0.361 e. The van der Waals surface area contributed by atoms with Crippen LogP contribution in [-0.2, 0) is 27.3 Å². The lowest BCUT2D eigenvalue weighted by molar-refractivity contribution is -0.129. The van der Waals surface area contributed by atoms with Gasteiger partial charge in [-0.15, -0.1) is 23.1 Å². The van der Waals surface area contributed by atoms with Crippen molar-refractivity contribution in [3.8, 4) is 6.07 Å². The number of thioether (sulfide) groups is 1. The van der Waals surface area contributed by atoms with Crippen molar-refractivity contribution in [2.45, 2.75) is 30.0 Å². The van der Waals surface area contributed by atoms with Gasteiger partial charge in [0.15, 0.2) is 0 Å². The van der Waals surface area contributed by atoms with Crippen molar-refractivity contribution in [1.29, 1.82) is 5.26 Å². The maximum absolute atomic E-state index is 14.1. The van der Waals surface area contributed by atoms with Crippen LogP contribution in [0.5, 0.6) is 0 Å². The van der Waals surface area contributed by atoms with Gasteiger partial charge in [0.05, 0.1) is 12.1 Å². The molecule has 0 fully saturated rings. The van der Waals surface area contributed by atoms with Crippen molar-refractivity contribution >= 4 is 74.4 Å². The number of nitrogens with one attached hydrogen (secondary N) is 4. The molecule has 10 nitrogen and oxygen atoms in total. The van der Waals surface area contributed by atoms with E-state index in [0.29, 0.717) is 46.2 Å². The van der Waals surface area contributed by atoms with Crippen LogP contribution >= 0.6 is 23.1 Å². The number of carbonyl (C=O) groups excluding carboxylic acids is 4. The summed E-state index contributed by atoms with van der Waals surface area (Å²) in [7, 11) is 0. The highest BCUT2D eigenvalue weighted by atomic mass is 32.2. The second-order valence-corrected chi connectivity index (χ2v) is 14.8. The van der Waals surface area contributed by atoms with Gasteiger partial charge in [0, 0.05) is 57.2 Å². The molecular weight excluding hydrogens is 717 g/mol. The van der Waals surface area contributed by atoms with E-state index < -0.39 is 17.1 Å². The standard InChI is InChI=1S/C42H34N6O4S2/c1-26(49)48-20-19-33-34(23-43)42(54-37(33)25-48)47-41(52)38(27-11-4-2-5-12-27)53-31-16-10-15-30(22-31)45-40(51)36(46-39(50)28-13-6-3-7-14-28)21-29-24-44-35-18-9-8-17-32(29)35/h2-18,21-22,24,38,44H,19-20,25H2,1H3,(H,45,51)(H,46,50)(H,47,52)/b36-21-. The summed E-state index contributed by atoms with van der Waals surface area (Å²) in [6.07, 6.45) is 3.97. The Morgan fingerprint density at radius 2 is 1.67 bits per heavy atom. The normalized spacial score (nSPS) is 13.0. The van der Waals surface area contributed by atoms with E-state index in [1.165, 1.54) is 30.0 Å². The first-order valence-corrected chi connectivity index (χ1v) is 18.8. The van der Waals surface area contributed by atoms with Crippen molar-refractivity contribution in [3.05, 3.63) is 154 Å². The summed E-state index contributed by atoms with van der Waals surface area (Å²) in [5.41, 5.74) is 4.60. The molecule has 4 amide bonds. The molecule has 268 valence electrons. The van der Waals surface area contributed by atoms with Crippen LogP contribution in [0, 0.1) is 11.3 Å². The lowest BCUT2D eigenvalue weighted by atomic mass is 10.0. The van der Waals surface area contributed by atoms with Gasteiger partial charge in [0.1, 0.15) is 22.0 Å². The number of para-hydroxylation sites is 1. The minimum atomic E-state index is -0.709. The highest BCUT2D eigenvalue weighted by Gasteiger charge is 2.29. The zero-order valence-electron chi connectivity index (χ0n) is 29.1. The van der Waals surface area contributed by atoms with E-state index >= 15 is 0 Å². The highest BCUT2D eigenvalue weighted by Crippen LogP contribution is 2.41. The number of anilines is 2. The zero-order valence-corrected chi connectivity index (χ0v) is 30.7. The summed E-state index contributed by atoms with van der Waals surface area (Å²) in [6.45, 7) is 2.46. The van der Waals surface area contributed by atoms with Gasteiger partial charge in [0.2, 0.25) is 11.8 Å². The van der Waals surface area contributed by atoms with Gasteiger partial charge in [-0.3, -0.25) is 19.2 Å². The van der Waals surface area contributed by atoms with E-state index in [1.807, 2.05) is 66.7 Å². The molecule has 1 unspecified atom stereocenters. The van der Waals surface area contributed by atoms with Crippen molar-refractivity contribution in [2.24, 2.45) is 0 Å². The van der Waals surface area contributed by atoms with E-state index in [4.69, 9.17) is 0 Å². The number of aromatic nitrogens is 1. The van der Waals surface area contributed by atoms with Crippen molar-refractivity contribution in [1.82, 2.24) is 15.2 Å². The number of benzene rings is 4. The smallest absolute Gasteiger partial charge is 0.272 e. The number of hydrogen-bond acceptors (Lipinski definition) is 7. The van der Waals surface area contributed by atoms with Gasteiger partial charge >= 0.3 is 0 Å². The molecule has 3 heterocycles. The Labute approximate surface area is 319 Å². The van der Waals surface area contributed by atoms with E-state index in [0.717, 1.165) is 32.5 Å². The summed E-state index contributed by atoms with van der Waals surface area (Å²) in [5, 5.41) is 19.5. The number of nitriles is 1. The molecule has 0 radical (unpaired) electrons. The molecule has 1 aliphatic rings. The Balaban J connectivity index is 1.13. The van der Waals surface area contributed by atoms with E-state index in [2.05, 4.69) is 27.0 Å². The van der Waals surface area contributed by atoms with Crippen molar-refractivity contribution < 1.29 is 19.2 Å². The number of amides is 4. The molecule has 0 spiro atoms. The molecule has 12 heteroatoms. The minimum absolute atomic E-state index is 0.0319. The average molecular weight is 751 g/mol. The molecule has 4 N–H and O–H groups in total. The number of carbonyl (C=O) groups is 4. The van der Waals surface area contributed by atoms with Crippen LogP contribution in [0.3, 0.4) is 0 Å². The van der Waals surface area contributed by atoms with Gasteiger partial charge in [-0.1, -0.05) is 72.8 Å². The number of thiophene rings is 1. The highest BCUT2D eigenvalue weighted by molar-refractivity contribution is 8.00. The fourth-order valence-corrected chi connectivity index (χ4v) is 8.55. The predicted octanol–water partition coefficient (Wildman–Crippen LogP) is 7.89. The lowest BCUT2D eigenvalue weighted by Gasteiger charge is -2.25. The van der Waals surface area contributed by atoms with E-state index in [1.54, 1.807) is 59.6 Å². The van der Waals surface area contributed by atoms with Crippen LogP contribution in [0.1, 0.15) is 49.7 Å². The van der Waals surface area contributed by atoms with Crippen LogP contribution in [0.25, 0.3) is 17.0 Å². The maximum Gasteiger partial charge on any atom is 0.272 e. The summed E-state index contributed by atoms with van der Waals surface area (Å²) in [6, 6.07) is 35.1. The van der Waals surface area contributed by atoms with Crippen LogP contribution in [0.15, 0.2) is 126 Å². The summed E-state index contributed by atoms with van der Waals surface area (Å²) < 4.78 is 0. The average Bonchev–Trinajstić information content (AvgIpc) is 3.77. The topological polar surface area (TPSA) is 147 Å². The largest absolute Gasteiger partial charge is 0.361 e. The van der Waals surface area contributed by atoms with Crippen LogP contribution in [0.2, 0.25) is 0 Å². The lowest BCUT2D eigenvalue weighted by Crippen LogP contribution is -2.33. The third kappa shape index (κ3) is 7.97. The Kier molecular flexibility index (Phi) is 10.7. The van der Waals surface area contributed by atoms with Crippen LogP contribution in [-0.4, -0.2) is 40.1 Å². The monoisotopic (exact) mass is 750 g/mol. The molecule has 0 saturated carbocycles. The molecule has 0 saturated heterocycles. The molecule has 54 heavy (non-hydrogen) atoms. The molecule has 1 atom stereocenters. The fourth-order valence-electron chi connectivity index (χ4n) is 6.25. The quantitative estimate of drug-likeness (QED) is 0.0828.